The molecular formula is C13H15N3O2. The van der Waals surface area contributed by atoms with Crippen LogP contribution in [0.3, 0.4) is 0 Å². The van der Waals surface area contributed by atoms with Crippen molar-refractivity contribution in [3.05, 3.63) is 46.3 Å². The first-order valence-corrected chi connectivity index (χ1v) is 6.00. The fourth-order valence-electron chi connectivity index (χ4n) is 2.43. The van der Waals surface area contributed by atoms with Gasteiger partial charge in [-0.15, -0.1) is 0 Å². The van der Waals surface area contributed by atoms with Gasteiger partial charge in [-0.2, -0.15) is 0 Å². The molecule has 0 bridgehead atoms. The summed E-state index contributed by atoms with van der Waals surface area (Å²) in [4.78, 5) is 14.4. The molecule has 2 atom stereocenters. The molecule has 18 heavy (non-hydrogen) atoms. The second-order valence-electron chi connectivity index (χ2n) is 4.46. The number of carbonyl (C=O) groups excluding carboxylic acids is 1. The summed E-state index contributed by atoms with van der Waals surface area (Å²) in [5.74, 6) is -0.231. The van der Waals surface area contributed by atoms with Gasteiger partial charge in [0.25, 0.3) is 0 Å². The van der Waals surface area contributed by atoms with Crippen LogP contribution in [0.25, 0.3) is 10.4 Å². The van der Waals surface area contributed by atoms with Gasteiger partial charge in [-0.1, -0.05) is 42.4 Å². The number of hydrogen-bond donors (Lipinski definition) is 0. The Kier molecular flexibility index (Phi) is 3.53. The quantitative estimate of drug-likeness (QED) is 0.354. The van der Waals surface area contributed by atoms with Gasteiger partial charge in [-0.3, -0.25) is 4.79 Å². The Hall–Kier alpha value is -2.00. The molecule has 0 aliphatic carbocycles. The third kappa shape index (κ3) is 2.17. The molecule has 0 amide bonds. The zero-order valence-corrected chi connectivity index (χ0v) is 10.2. The van der Waals surface area contributed by atoms with Crippen LogP contribution in [0, 0.1) is 0 Å². The maximum atomic E-state index is 11.6. The fourth-order valence-corrected chi connectivity index (χ4v) is 2.43. The van der Waals surface area contributed by atoms with Crippen LogP contribution < -0.4 is 0 Å². The largest absolute Gasteiger partial charge is 0.454 e. The first-order chi connectivity index (χ1) is 8.69. The highest BCUT2D eigenvalue weighted by Gasteiger charge is 2.43. The first kappa shape index (κ1) is 12.5. The van der Waals surface area contributed by atoms with E-state index in [0.717, 1.165) is 12.0 Å². The molecule has 5 heteroatoms. The van der Waals surface area contributed by atoms with Gasteiger partial charge in [0.05, 0.1) is 6.04 Å². The molecule has 0 unspecified atom stereocenters. The summed E-state index contributed by atoms with van der Waals surface area (Å²) < 4.78 is 5.57. The van der Waals surface area contributed by atoms with Crippen molar-refractivity contribution in [1.82, 2.24) is 0 Å². The molecule has 1 heterocycles. The summed E-state index contributed by atoms with van der Waals surface area (Å²) in [6, 6.07) is 9.07. The zero-order chi connectivity index (χ0) is 13.0. The van der Waals surface area contributed by atoms with E-state index in [0.29, 0.717) is 12.8 Å². The minimum absolute atomic E-state index is 0.231. The van der Waals surface area contributed by atoms with Crippen LogP contribution in [0.5, 0.6) is 0 Å². The Morgan fingerprint density at radius 3 is 2.78 bits per heavy atom. The van der Waals surface area contributed by atoms with Crippen molar-refractivity contribution in [1.29, 1.82) is 0 Å². The molecule has 1 fully saturated rings. The summed E-state index contributed by atoms with van der Waals surface area (Å²) in [6.45, 7) is 1.78. The van der Waals surface area contributed by atoms with E-state index in [9.17, 15) is 4.79 Å². The molecule has 0 spiro atoms. The maximum absolute atomic E-state index is 11.6. The lowest BCUT2D eigenvalue weighted by Crippen LogP contribution is -2.43. The second-order valence-corrected chi connectivity index (χ2v) is 4.46. The Morgan fingerprint density at radius 2 is 2.17 bits per heavy atom. The maximum Gasteiger partial charge on any atom is 0.306 e. The predicted octanol–water partition coefficient (Wildman–Crippen LogP) is 3.31. The molecule has 0 radical (unpaired) electrons. The highest BCUT2D eigenvalue weighted by atomic mass is 16.6. The lowest BCUT2D eigenvalue weighted by Gasteiger charge is -2.40. The SMILES string of the molecule is C[C@@H](N=[N+]=[N-])[C@@]1(c2ccccc2)CCCC(=O)O1. The molecule has 1 saturated heterocycles. The van der Waals surface area contributed by atoms with Gasteiger partial charge in [-0.25, -0.2) is 0 Å². The van der Waals surface area contributed by atoms with Crippen molar-refractivity contribution >= 4 is 5.97 Å². The summed E-state index contributed by atoms with van der Waals surface area (Å²) in [6.07, 6.45) is 1.86. The first-order valence-electron chi connectivity index (χ1n) is 6.00. The lowest BCUT2D eigenvalue weighted by molar-refractivity contribution is -0.171. The van der Waals surface area contributed by atoms with Crippen LogP contribution in [0.15, 0.2) is 35.4 Å². The zero-order valence-electron chi connectivity index (χ0n) is 10.2. The number of rotatable bonds is 3. The number of cyclic esters (lactones) is 1. The van der Waals surface area contributed by atoms with E-state index in [1.807, 2.05) is 30.3 Å². The van der Waals surface area contributed by atoms with Gasteiger partial charge >= 0.3 is 5.97 Å². The lowest BCUT2D eigenvalue weighted by atomic mass is 9.81. The van der Waals surface area contributed by atoms with Crippen LogP contribution in [0.1, 0.15) is 31.7 Å². The van der Waals surface area contributed by atoms with Gasteiger partial charge < -0.3 is 4.74 Å². The summed E-state index contributed by atoms with van der Waals surface area (Å²) >= 11 is 0. The number of azide groups is 1. The van der Waals surface area contributed by atoms with Crippen molar-refractivity contribution in [2.75, 3.05) is 0 Å². The predicted molar refractivity (Wildman–Crippen MR) is 66.7 cm³/mol. The van der Waals surface area contributed by atoms with Crippen molar-refractivity contribution < 1.29 is 9.53 Å². The Balaban J connectivity index is 2.45. The molecule has 0 saturated carbocycles. The number of carbonyl (C=O) groups is 1. The molecule has 1 aliphatic heterocycles. The minimum Gasteiger partial charge on any atom is -0.454 e. The number of hydrogen-bond acceptors (Lipinski definition) is 3. The van der Waals surface area contributed by atoms with Crippen LogP contribution >= 0.6 is 0 Å². The van der Waals surface area contributed by atoms with E-state index in [-0.39, 0.29) is 5.97 Å². The van der Waals surface area contributed by atoms with E-state index < -0.39 is 11.6 Å². The number of nitrogens with zero attached hydrogens (tertiary/aromatic N) is 3. The Labute approximate surface area is 105 Å². The van der Waals surface area contributed by atoms with Gasteiger partial charge in [0.1, 0.15) is 5.60 Å². The van der Waals surface area contributed by atoms with Crippen LogP contribution in [-0.4, -0.2) is 12.0 Å². The molecular weight excluding hydrogens is 230 g/mol. The average molecular weight is 245 g/mol. The van der Waals surface area contributed by atoms with Crippen molar-refractivity contribution in [2.45, 2.75) is 37.8 Å². The molecule has 5 nitrogen and oxygen atoms in total. The topological polar surface area (TPSA) is 75.1 Å². The van der Waals surface area contributed by atoms with E-state index in [2.05, 4.69) is 10.0 Å². The van der Waals surface area contributed by atoms with E-state index >= 15 is 0 Å². The van der Waals surface area contributed by atoms with Crippen molar-refractivity contribution in [3.8, 4) is 0 Å². The highest BCUT2D eigenvalue weighted by Crippen LogP contribution is 2.40. The van der Waals surface area contributed by atoms with Crippen LogP contribution in [0.4, 0.5) is 0 Å². The standard InChI is InChI=1S/C13H15N3O2/c1-10(15-16-14)13(9-5-8-12(17)18-13)11-6-3-2-4-7-11/h2-4,6-7,10H,5,8-9H2,1H3/t10-,13-/m1/s1. The van der Waals surface area contributed by atoms with E-state index in [1.54, 1.807) is 6.92 Å². The molecule has 0 N–H and O–H groups in total. The molecule has 1 aromatic carbocycles. The molecule has 1 aromatic rings. The van der Waals surface area contributed by atoms with Crippen LogP contribution in [0.2, 0.25) is 0 Å². The monoisotopic (exact) mass is 245 g/mol. The smallest absolute Gasteiger partial charge is 0.306 e. The van der Waals surface area contributed by atoms with Crippen molar-refractivity contribution in [2.24, 2.45) is 5.11 Å². The average Bonchev–Trinajstić information content (AvgIpc) is 2.40. The summed E-state index contributed by atoms with van der Waals surface area (Å²) in [5.41, 5.74) is 8.68. The van der Waals surface area contributed by atoms with E-state index in [4.69, 9.17) is 10.3 Å². The highest BCUT2D eigenvalue weighted by molar-refractivity contribution is 5.71. The second kappa shape index (κ2) is 5.10. The number of ether oxygens (including phenoxy) is 1. The van der Waals surface area contributed by atoms with Gasteiger partial charge in [0.2, 0.25) is 0 Å². The molecule has 0 aromatic heterocycles. The number of esters is 1. The van der Waals surface area contributed by atoms with Crippen molar-refractivity contribution in [3.63, 3.8) is 0 Å². The molecule has 1 aliphatic rings. The van der Waals surface area contributed by atoms with Gasteiger partial charge in [0, 0.05) is 11.3 Å². The third-order valence-electron chi connectivity index (χ3n) is 3.39. The minimum atomic E-state index is -0.817. The van der Waals surface area contributed by atoms with Crippen LogP contribution in [-0.2, 0) is 15.1 Å². The van der Waals surface area contributed by atoms with Gasteiger partial charge in [0.15, 0.2) is 0 Å². The molecule has 94 valence electrons. The fraction of sp³-hybridized carbons (Fsp3) is 0.462. The normalized spacial score (nSPS) is 24.8. The summed E-state index contributed by atoms with van der Waals surface area (Å²) in [5, 5.41) is 3.73. The summed E-state index contributed by atoms with van der Waals surface area (Å²) in [7, 11) is 0. The Morgan fingerprint density at radius 1 is 1.44 bits per heavy atom. The third-order valence-corrected chi connectivity index (χ3v) is 3.39. The Bertz CT molecular complexity index is 482. The van der Waals surface area contributed by atoms with E-state index in [1.165, 1.54) is 0 Å². The van der Waals surface area contributed by atoms with Gasteiger partial charge in [-0.05, 0) is 23.9 Å². The number of benzene rings is 1. The molecule has 2 rings (SSSR count).